The highest BCUT2D eigenvalue weighted by Gasteiger charge is 2.24. The van der Waals surface area contributed by atoms with E-state index in [2.05, 4.69) is 6.92 Å². The summed E-state index contributed by atoms with van der Waals surface area (Å²) in [5.74, 6) is 1.66. The molecule has 1 heterocycles. The summed E-state index contributed by atoms with van der Waals surface area (Å²) in [5.41, 5.74) is 1.77. The van der Waals surface area contributed by atoms with Gasteiger partial charge in [-0.2, -0.15) is 0 Å². The maximum absolute atomic E-state index is 13.0. The standard InChI is InChI=1S/C25H32N2O5/c1-4-6-19-7-9-21(10-8-19)32-18-24(28)26-11-5-12-27(14-13-26)25(29)20-15-22(30-2)17-23(16-20)31-3/h7-10,15-17H,4-6,11-14,18H2,1-3H3. The largest absolute Gasteiger partial charge is 0.497 e. The Bertz CT molecular complexity index is 891. The number of benzene rings is 2. The summed E-state index contributed by atoms with van der Waals surface area (Å²) in [6.45, 7) is 4.27. The van der Waals surface area contributed by atoms with Crippen LogP contribution in [-0.4, -0.2) is 68.6 Å². The first kappa shape index (κ1) is 23.4. The van der Waals surface area contributed by atoms with Gasteiger partial charge in [0, 0.05) is 37.8 Å². The first-order valence-electron chi connectivity index (χ1n) is 11.1. The van der Waals surface area contributed by atoms with Crippen LogP contribution in [0.15, 0.2) is 42.5 Å². The van der Waals surface area contributed by atoms with Crippen molar-refractivity contribution in [2.45, 2.75) is 26.2 Å². The van der Waals surface area contributed by atoms with Gasteiger partial charge in [-0.15, -0.1) is 0 Å². The van der Waals surface area contributed by atoms with Crippen molar-refractivity contribution in [3.8, 4) is 17.2 Å². The van der Waals surface area contributed by atoms with Crippen LogP contribution in [-0.2, 0) is 11.2 Å². The zero-order valence-corrected chi connectivity index (χ0v) is 19.1. The molecule has 1 saturated heterocycles. The third kappa shape index (κ3) is 6.15. The lowest BCUT2D eigenvalue weighted by Gasteiger charge is -2.22. The van der Waals surface area contributed by atoms with Gasteiger partial charge in [0.25, 0.3) is 11.8 Å². The second-order valence-electron chi connectivity index (χ2n) is 7.81. The van der Waals surface area contributed by atoms with E-state index in [4.69, 9.17) is 14.2 Å². The van der Waals surface area contributed by atoms with E-state index < -0.39 is 0 Å². The number of hydrogen-bond acceptors (Lipinski definition) is 5. The van der Waals surface area contributed by atoms with Gasteiger partial charge in [0.05, 0.1) is 14.2 Å². The molecule has 1 aliphatic rings. The van der Waals surface area contributed by atoms with Crippen molar-refractivity contribution >= 4 is 11.8 Å². The van der Waals surface area contributed by atoms with Crippen molar-refractivity contribution in [1.82, 2.24) is 9.80 Å². The Morgan fingerprint density at radius 1 is 0.844 bits per heavy atom. The van der Waals surface area contributed by atoms with Gasteiger partial charge in [-0.1, -0.05) is 25.5 Å². The molecule has 0 unspecified atom stereocenters. The molecule has 1 fully saturated rings. The fraction of sp³-hybridized carbons (Fsp3) is 0.440. The molecule has 172 valence electrons. The van der Waals surface area contributed by atoms with Crippen molar-refractivity contribution in [3.63, 3.8) is 0 Å². The molecule has 0 bridgehead atoms. The van der Waals surface area contributed by atoms with E-state index in [1.807, 2.05) is 24.3 Å². The number of amides is 2. The molecule has 0 saturated carbocycles. The van der Waals surface area contributed by atoms with E-state index in [-0.39, 0.29) is 18.4 Å². The lowest BCUT2D eigenvalue weighted by Crippen LogP contribution is -2.39. The summed E-state index contributed by atoms with van der Waals surface area (Å²) in [7, 11) is 3.11. The van der Waals surface area contributed by atoms with Gasteiger partial charge < -0.3 is 24.0 Å². The zero-order chi connectivity index (χ0) is 22.9. The monoisotopic (exact) mass is 440 g/mol. The number of aryl methyl sites for hydroxylation is 1. The van der Waals surface area contributed by atoms with Crippen molar-refractivity contribution in [2.24, 2.45) is 0 Å². The molecule has 0 radical (unpaired) electrons. The van der Waals surface area contributed by atoms with Gasteiger partial charge in [-0.3, -0.25) is 9.59 Å². The molecule has 2 aromatic carbocycles. The lowest BCUT2D eigenvalue weighted by atomic mass is 10.1. The molecule has 0 aliphatic carbocycles. The van der Waals surface area contributed by atoms with E-state index in [1.165, 1.54) is 5.56 Å². The third-order valence-corrected chi connectivity index (χ3v) is 5.56. The highest BCUT2D eigenvalue weighted by molar-refractivity contribution is 5.95. The Labute approximate surface area is 189 Å². The highest BCUT2D eigenvalue weighted by atomic mass is 16.5. The van der Waals surface area contributed by atoms with E-state index in [1.54, 1.807) is 42.2 Å². The van der Waals surface area contributed by atoms with Crippen LogP contribution in [0.3, 0.4) is 0 Å². The minimum absolute atomic E-state index is 0.00580. The van der Waals surface area contributed by atoms with E-state index in [0.717, 1.165) is 12.8 Å². The van der Waals surface area contributed by atoms with Crippen LogP contribution in [0.5, 0.6) is 17.2 Å². The molecule has 32 heavy (non-hydrogen) atoms. The topological polar surface area (TPSA) is 68.3 Å². The lowest BCUT2D eigenvalue weighted by molar-refractivity contribution is -0.133. The van der Waals surface area contributed by atoms with Gasteiger partial charge in [0.2, 0.25) is 0 Å². The Kier molecular flexibility index (Phi) is 8.36. The smallest absolute Gasteiger partial charge is 0.260 e. The molecular weight excluding hydrogens is 408 g/mol. The van der Waals surface area contributed by atoms with Crippen molar-refractivity contribution in [3.05, 3.63) is 53.6 Å². The average Bonchev–Trinajstić information content (AvgIpc) is 3.09. The van der Waals surface area contributed by atoms with Crippen molar-refractivity contribution in [1.29, 1.82) is 0 Å². The maximum Gasteiger partial charge on any atom is 0.260 e. The van der Waals surface area contributed by atoms with Crippen LogP contribution in [0.2, 0.25) is 0 Å². The Hall–Kier alpha value is -3.22. The Morgan fingerprint density at radius 2 is 1.47 bits per heavy atom. The van der Waals surface area contributed by atoms with Gasteiger partial charge in [0.1, 0.15) is 17.2 Å². The number of rotatable bonds is 8. The van der Waals surface area contributed by atoms with Gasteiger partial charge in [-0.25, -0.2) is 0 Å². The summed E-state index contributed by atoms with van der Waals surface area (Å²) in [6.07, 6.45) is 2.84. The predicted molar refractivity (Wildman–Crippen MR) is 123 cm³/mol. The quantitative estimate of drug-likeness (QED) is 0.629. The van der Waals surface area contributed by atoms with Crippen LogP contribution < -0.4 is 14.2 Å². The number of carbonyl (C=O) groups excluding carboxylic acids is 2. The number of methoxy groups -OCH3 is 2. The van der Waals surface area contributed by atoms with Crippen molar-refractivity contribution in [2.75, 3.05) is 47.0 Å². The Morgan fingerprint density at radius 3 is 2.09 bits per heavy atom. The summed E-state index contributed by atoms with van der Waals surface area (Å²) in [5, 5.41) is 0. The van der Waals surface area contributed by atoms with Crippen LogP contribution in [0.1, 0.15) is 35.7 Å². The highest BCUT2D eigenvalue weighted by Crippen LogP contribution is 2.24. The molecule has 0 aromatic heterocycles. The first-order valence-corrected chi connectivity index (χ1v) is 11.1. The molecule has 2 aromatic rings. The van der Waals surface area contributed by atoms with Gasteiger partial charge >= 0.3 is 0 Å². The second kappa shape index (κ2) is 11.4. The molecule has 1 aliphatic heterocycles. The Balaban J connectivity index is 1.55. The van der Waals surface area contributed by atoms with Gasteiger partial charge in [0.15, 0.2) is 6.61 Å². The number of ether oxygens (including phenoxy) is 3. The minimum Gasteiger partial charge on any atom is -0.497 e. The first-order chi connectivity index (χ1) is 15.5. The molecule has 2 amide bonds. The SMILES string of the molecule is CCCc1ccc(OCC(=O)N2CCCN(C(=O)c3cc(OC)cc(OC)c3)CC2)cc1. The number of nitrogens with zero attached hydrogens (tertiary/aromatic N) is 2. The van der Waals surface area contributed by atoms with Crippen LogP contribution in [0.4, 0.5) is 0 Å². The summed E-state index contributed by atoms with van der Waals surface area (Å²) >= 11 is 0. The zero-order valence-electron chi connectivity index (χ0n) is 19.1. The fourth-order valence-electron chi connectivity index (χ4n) is 3.76. The van der Waals surface area contributed by atoms with Crippen LogP contribution in [0.25, 0.3) is 0 Å². The summed E-state index contributed by atoms with van der Waals surface area (Å²) in [4.78, 5) is 29.2. The van der Waals surface area contributed by atoms with Crippen LogP contribution in [0, 0.1) is 0 Å². The van der Waals surface area contributed by atoms with Crippen molar-refractivity contribution < 1.29 is 23.8 Å². The summed E-state index contributed by atoms with van der Waals surface area (Å²) < 4.78 is 16.2. The molecule has 7 nitrogen and oxygen atoms in total. The summed E-state index contributed by atoms with van der Waals surface area (Å²) in [6, 6.07) is 13.0. The van der Waals surface area contributed by atoms with E-state index in [0.29, 0.717) is 55.4 Å². The number of hydrogen-bond donors (Lipinski definition) is 0. The second-order valence-corrected chi connectivity index (χ2v) is 7.81. The molecular formula is C25H32N2O5. The maximum atomic E-state index is 13.0. The van der Waals surface area contributed by atoms with Crippen LogP contribution >= 0.6 is 0 Å². The van der Waals surface area contributed by atoms with E-state index >= 15 is 0 Å². The molecule has 7 heteroatoms. The average molecular weight is 441 g/mol. The van der Waals surface area contributed by atoms with Gasteiger partial charge in [-0.05, 0) is 42.7 Å². The molecule has 0 atom stereocenters. The minimum atomic E-state index is -0.0973. The van der Waals surface area contributed by atoms with E-state index in [9.17, 15) is 9.59 Å². The molecule has 0 N–H and O–H groups in total. The fourth-order valence-corrected chi connectivity index (χ4v) is 3.76. The predicted octanol–water partition coefficient (Wildman–Crippen LogP) is 3.41. The number of carbonyl (C=O) groups is 2. The molecule has 3 rings (SSSR count). The molecule has 0 spiro atoms. The third-order valence-electron chi connectivity index (χ3n) is 5.56. The normalized spacial score (nSPS) is 14.0.